The lowest BCUT2D eigenvalue weighted by molar-refractivity contribution is -0.131. The fraction of sp³-hybridized carbons (Fsp3) is 0.529. The first-order valence-electron chi connectivity index (χ1n) is 7.90. The van der Waals surface area contributed by atoms with E-state index in [1.165, 1.54) is 7.11 Å². The number of likely N-dealkylation sites (tertiary alicyclic amines) is 1. The summed E-state index contributed by atoms with van der Waals surface area (Å²) in [6.45, 7) is 1.25. The van der Waals surface area contributed by atoms with E-state index in [-0.39, 0.29) is 11.9 Å². The van der Waals surface area contributed by atoms with Crippen molar-refractivity contribution in [2.24, 2.45) is 0 Å². The van der Waals surface area contributed by atoms with Crippen molar-refractivity contribution in [2.45, 2.75) is 25.3 Å². The summed E-state index contributed by atoms with van der Waals surface area (Å²) < 4.78 is 15.1. The molecule has 1 heterocycles. The molecule has 2 rings (SSSR count). The summed E-state index contributed by atoms with van der Waals surface area (Å²) in [6.07, 6.45) is 1.35. The van der Waals surface area contributed by atoms with Crippen LogP contribution >= 0.6 is 0 Å². The summed E-state index contributed by atoms with van der Waals surface area (Å²) in [6, 6.07) is 5.55. The zero-order chi connectivity index (χ0) is 17.5. The van der Waals surface area contributed by atoms with Crippen molar-refractivity contribution in [1.29, 1.82) is 0 Å². The van der Waals surface area contributed by atoms with Crippen LogP contribution in [0.5, 0.6) is 11.5 Å². The van der Waals surface area contributed by atoms with Gasteiger partial charge < -0.3 is 24.4 Å². The number of nitrogens with zero attached hydrogens (tertiary/aromatic N) is 1. The van der Waals surface area contributed by atoms with Crippen molar-refractivity contribution >= 4 is 12.0 Å². The van der Waals surface area contributed by atoms with Gasteiger partial charge in [-0.2, -0.15) is 0 Å². The van der Waals surface area contributed by atoms with Crippen LogP contribution < -0.4 is 14.8 Å². The standard InChI is InChI=1S/C17H24N2O5/c1-22-14-5-4-12(10-15(14)23-2)11-16(20)19-8-6-13(7-9-19)18-17(21)24-3/h4-5,10,13H,6-9,11H2,1-3H3,(H,18,21). The average Bonchev–Trinajstić information content (AvgIpc) is 2.61. The number of hydrogen-bond acceptors (Lipinski definition) is 5. The molecule has 1 aromatic carbocycles. The van der Waals surface area contributed by atoms with Crippen molar-refractivity contribution in [3.63, 3.8) is 0 Å². The number of alkyl carbamates (subject to hydrolysis) is 1. The zero-order valence-electron chi connectivity index (χ0n) is 14.3. The topological polar surface area (TPSA) is 77.1 Å². The number of amides is 2. The van der Waals surface area contributed by atoms with Gasteiger partial charge in [-0.25, -0.2) is 4.79 Å². The molecule has 7 nitrogen and oxygen atoms in total. The lowest BCUT2D eigenvalue weighted by Crippen LogP contribution is -2.46. The average molecular weight is 336 g/mol. The Morgan fingerprint density at radius 2 is 1.79 bits per heavy atom. The van der Waals surface area contributed by atoms with Crippen LogP contribution in [0.15, 0.2) is 18.2 Å². The van der Waals surface area contributed by atoms with Gasteiger partial charge >= 0.3 is 6.09 Å². The highest BCUT2D eigenvalue weighted by Crippen LogP contribution is 2.28. The normalized spacial score (nSPS) is 14.9. The second-order valence-corrected chi connectivity index (χ2v) is 5.66. The Morgan fingerprint density at radius 3 is 2.38 bits per heavy atom. The third-order valence-electron chi connectivity index (χ3n) is 4.16. The second-order valence-electron chi connectivity index (χ2n) is 5.66. The highest BCUT2D eigenvalue weighted by molar-refractivity contribution is 5.79. The van der Waals surface area contributed by atoms with E-state index >= 15 is 0 Å². The maximum Gasteiger partial charge on any atom is 0.407 e. The lowest BCUT2D eigenvalue weighted by Gasteiger charge is -2.32. The third-order valence-corrected chi connectivity index (χ3v) is 4.16. The van der Waals surface area contributed by atoms with Crippen molar-refractivity contribution in [3.8, 4) is 11.5 Å². The predicted molar refractivity (Wildman–Crippen MR) is 88.4 cm³/mol. The number of carbonyl (C=O) groups excluding carboxylic acids is 2. The number of ether oxygens (including phenoxy) is 3. The molecule has 1 aliphatic heterocycles. The van der Waals surface area contributed by atoms with Crippen LogP contribution in [0.1, 0.15) is 18.4 Å². The molecule has 0 radical (unpaired) electrons. The van der Waals surface area contributed by atoms with E-state index in [9.17, 15) is 9.59 Å². The smallest absolute Gasteiger partial charge is 0.407 e. The van der Waals surface area contributed by atoms with E-state index in [0.717, 1.165) is 18.4 Å². The van der Waals surface area contributed by atoms with Crippen LogP contribution in [0.2, 0.25) is 0 Å². The Labute approximate surface area is 141 Å². The van der Waals surface area contributed by atoms with Crippen LogP contribution in [0.3, 0.4) is 0 Å². The van der Waals surface area contributed by atoms with E-state index in [1.54, 1.807) is 20.3 Å². The number of methoxy groups -OCH3 is 3. The van der Waals surface area contributed by atoms with Gasteiger partial charge in [-0.3, -0.25) is 4.79 Å². The molecule has 1 aliphatic rings. The van der Waals surface area contributed by atoms with Crippen molar-refractivity contribution in [2.75, 3.05) is 34.4 Å². The van der Waals surface area contributed by atoms with Gasteiger partial charge in [0.25, 0.3) is 0 Å². The molecule has 132 valence electrons. The van der Waals surface area contributed by atoms with Gasteiger partial charge in [-0.05, 0) is 30.5 Å². The fourth-order valence-corrected chi connectivity index (χ4v) is 2.78. The quantitative estimate of drug-likeness (QED) is 0.884. The molecule has 7 heteroatoms. The maximum absolute atomic E-state index is 12.4. The van der Waals surface area contributed by atoms with Crippen molar-refractivity contribution in [3.05, 3.63) is 23.8 Å². The fourth-order valence-electron chi connectivity index (χ4n) is 2.78. The van der Waals surface area contributed by atoms with Gasteiger partial charge in [-0.15, -0.1) is 0 Å². The van der Waals surface area contributed by atoms with E-state index < -0.39 is 6.09 Å². The van der Waals surface area contributed by atoms with Gasteiger partial charge in [0.05, 0.1) is 27.8 Å². The predicted octanol–water partition coefficient (Wildman–Crippen LogP) is 1.59. The van der Waals surface area contributed by atoms with Gasteiger partial charge in [0.1, 0.15) is 0 Å². The van der Waals surface area contributed by atoms with Crippen molar-refractivity contribution in [1.82, 2.24) is 10.2 Å². The number of piperidine rings is 1. The largest absolute Gasteiger partial charge is 0.493 e. The summed E-state index contributed by atoms with van der Waals surface area (Å²) in [4.78, 5) is 25.5. The molecule has 1 aromatic rings. The van der Waals surface area contributed by atoms with Crippen LogP contribution in [0.4, 0.5) is 4.79 Å². The number of rotatable bonds is 5. The molecule has 0 saturated carbocycles. The Morgan fingerprint density at radius 1 is 1.12 bits per heavy atom. The summed E-state index contributed by atoms with van der Waals surface area (Å²) in [5.74, 6) is 1.32. The molecule has 0 spiro atoms. The molecular formula is C17H24N2O5. The minimum absolute atomic E-state index is 0.0579. The van der Waals surface area contributed by atoms with Crippen LogP contribution in [-0.2, 0) is 16.0 Å². The zero-order valence-corrected chi connectivity index (χ0v) is 14.3. The molecule has 1 N–H and O–H groups in total. The molecular weight excluding hydrogens is 312 g/mol. The number of carbonyl (C=O) groups is 2. The molecule has 0 bridgehead atoms. The van der Waals surface area contributed by atoms with E-state index in [4.69, 9.17) is 9.47 Å². The summed E-state index contributed by atoms with van der Waals surface area (Å²) >= 11 is 0. The minimum Gasteiger partial charge on any atom is -0.493 e. The number of nitrogens with one attached hydrogen (secondary N) is 1. The number of hydrogen-bond donors (Lipinski definition) is 1. The molecule has 2 amide bonds. The van der Waals surface area contributed by atoms with E-state index in [2.05, 4.69) is 10.1 Å². The van der Waals surface area contributed by atoms with Crippen LogP contribution in [0.25, 0.3) is 0 Å². The van der Waals surface area contributed by atoms with Gasteiger partial charge in [0.15, 0.2) is 11.5 Å². The van der Waals surface area contributed by atoms with Gasteiger partial charge in [0, 0.05) is 19.1 Å². The molecule has 1 fully saturated rings. The summed E-state index contributed by atoms with van der Waals surface area (Å²) in [7, 11) is 4.49. The number of benzene rings is 1. The molecule has 0 aliphatic carbocycles. The highest BCUT2D eigenvalue weighted by atomic mass is 16.5. The molecule has 24 heavy (non-hydrogen) atoms. The van der Waals surface area contributed by atoms with Crippen LogP contribution in [-0.4, -0.2) is 57.4 Å². The van der Waals surface area contributed by atoms with E-state index in [0.29, 0.717) is 31.0 Å². The van der Waals surface area contributed by atoms with Gasteiger partial charge in [0.2, 0.25) is 5.91 Å². The lowest BCUT2D eigenvalue weighted by atomic mass is 10.0. The first-order valence-corrected chi connectivity index (χ1v) is 7.90. The maximum atomic E-state index is 12.4. The minimum atomic E-state index is -0.426. The molecule has 0 aromatic heterocycles. The van der Waals surface area contributed by atoms with E-state index in [1.807, 2.05) is 17.0 Å². The first-order chi connectivity index (χ1) is 11.6. The molecule has 0 unspecified atom stereocenters. The Bertz CT molecular complexity index is 582. The van der Waals surface area contributed by atoms with Gasteiger partial charge in [-0.1, -0.05) is 6.07 Å². The Kier molecular flexibility index (Phi) is 6.28. The van der Waals surface area contributed by atoms with Crippen LogP contribution in [0, 0.1) is 0 Å². The second kappa shape index (κ2) is 8.42. The Balaban J connectivity index is 1.88. The van der Waals surface area contributed by atoms with Crippen molar-refractivity contribution < 1.29 is 23.8 Å². The molecule has 1 saturated heterocycles. The first kappa shape index (κ1) is 17.9. The monoisotopic (exact) mass is 336 g/mol. The summed E-state index contributed by atoms with van der Waals surface area (Å²) in [5.41, 5.74) is 0.882. The SMILES string of the molecule is COC(=O)NC1CCN(C(=O)Cc2ccc(OC)c(OC)c2)CC1. The Hall–Kier alpha value is -2.44. The highest BCUT2D eigenvalue weighted by Gasteiger charge is 2.24. The summed E-state index contributed by atoms with van der Waals surface area (Å²) in [5, 5.41) is 2.78. The third kappa shape index (κ3) is 4.53. The molecule has 0 atom stereocenters.